The molecule has 8 N–H and O–H groups in total. The first kappa shape index (κ1) is 39.3. The van der Waals surface area contributed by atoms with Gasteiger partial charge in [-0.25, -0.2) is 0 Å². The van der Waals surface area contributed by atoms with E-state index in [1.54, 1.807) is 6.08 Å². The topological polar surface area (TPSA) is 216 Å². The number of thioether (sulfide) groups is 1. The molecule has 45 heavy (non-hydrogen) atoms. The first-order valence-corrected chi connectivity index (χ1v) is 16.2. The molecular weight excluding hydrogens is 602 g/mol. The zero-order valence-corrected chi connectivity index (χ0v) is 26.5. The van der Waals surface area contributed by atoms with Crippen molar-refractivity contribution in [2.45, 2.75) is 94.6 Å². The van der Waals surface area contributed by atoms with E-state index in [4.69, 9.17) is 21.1 Å². The van der Waals surface area contributed by atoms with Crippen molar-refractivity contribution < 1.29 is 44.4 Å². The summed E-state index contributed by atoms with van der Waals surface area (Å²) in [4.78, 5) is 58.1. The van der Waals surface area contributed by atoms with Gasteiger partial charge in [-0.05, 0) is 49.7 Å². The average Bonchev–Trinajstić information content (AvgIpc) is 2.99. The number of aliphatic hydroxyl groups is 1. The number of rotatable bonds is 24. The molecule has 0 saturated carbocycles. The van der Waals surface area contributed by atoms with Crippen molar-refractivity contribution in [3.63, 3.8) is 0 Å². The van der Waals surface area contributed by atoms with Gasteiger partial charge in [0.15, 0.2) is 0 Å². The molecule has 4 atom stereocenters. The quantitative estimate of drug-likeness (QED) is 0.0638. The number of carbonyl (C=O) groups excluding carboxylic acids is 2. The summed E-state index contributed by atoms with van der Waals surface area (Å²) >= 11 is 1.15. The van der Waals surface area contributed by atoms with Crippen molar-refractivity contribution in [2.75, 3.05) is 12.3 Å². The maximum Gasteiger partial charge on any atom is 0.322 e. The Morgan fingerprint density at radius 2 is 1.64 bits per heavy atom. The van der Waals surface area contributed by atoms with Gasteiger partial charge in [-0.1, -0.05) is 68.3 Å². The van der Waals surface area contributed by atoms with E-state index in [0.717, 1.165) is 29.3 Å². The summed E-state index contributed by atoms with van der Waals surface area (Å²) in [7, 11) is 0. The molecule has 0 spiro atoms. The van der Waals surface area contributed by atoms with Crippen LogP contribution >= 0.6 is 11.8 Å². The largest absolute Gasteiger partial charge is 0.481 e. The van der Waals surface area contributed by atoms with Gasteiger partial charge in [-0.15, -0.1) is 11.8 Å². The SMILES string of the molecule is CCCCC/C=C/c1ccc(C/C=C/[C@H](SCC(NC(=O)CCC(N)C(=O)O)C(=O)NCC(=O)O)[C@H](O)CCCC(=O)O)cc1. The molecule has 0 bridgehead atoms. The molecule has 0 radical (unpaired) electrons. The smallest absolute Gasteiger partial charge is 0.322 e. The van der Waals surface area contributed by atoms with Crippen molar-refractivity contribution in [2.24, 2.45) is 5.73 Å². The standard InChI is InChI=1S/C32H47N3O9S/c1-2-3-4-5-6-9-22-14-16-23(17-15-22)10-7-12-27(26(36)11-8-13-29(38)39)45-21-25(31(42)34-20-30(40)41)35-28(37)19-18-24(33)32(43)44/h6-7,9,12,14-17,24-27,36H,2-5,8,10-11,13,18-21,33H2,1H3,(H,34,42)(H,35,37)(H,38,39)(H,40,41)(H,43,44)/b9-6+,12-7+/t24?,25?,26-,27+/m1/s1. The Bertz CT molecular complexity index is 1140. The second-order valence-electron chi connectivity index (χ2n) is 10.6. The second-order valence-corrected chi connectivity index (χ2v) is 11.8. The molecule has 0 saturated heterocycles. The van der Waals surface area contributed by atoms with Gasteiger partial charge in [0.2, 0.25) is 11.8 Å². The number of amides is 2. The molecule has 13 heteroatoms. The highest BCUT2D eigenvalue weighted by Gasteiger charge is 2.26. The Morgan fingerprint density at radius 3 is 2.27 bits per heavy atom. The normalized spacial score (nSPS) is 14.1. The summed E-state index contributed by atoms with van der Waals surface area (Å²) in [5.74, 6) is -4.99. The fourth-order valence-electron chi connectivity index (χ4n) is 4.11. The van der Waals surface area contributed by atoms with Gasteiger partial charge in [-0.3, -0.25) is 24.0 Å². The summed E-state index contributed by atoms with van der Waals surface area (Å²) in [6, 6.07) is 5.62. The highest BCUT2D eigenvalue weighted by Crippen LogP contribution is 2.22. The highest BCUT2D eigenvalue weighted by molar-refractivity contribution is 8.00. The molecule has 0 heterocycles. The van der Waals surface area contributed by atoms with Gasteiger partial charge in [0, 0.05) is 23.8 Å². The van der Waals surface area contributed by atoms with Gasteiger partial charge >= 0.3 is 17.9 Å². The van der Waals surface area contributed by atoms with Gasteiger partial charge in [0.25, 0.3) is 0 Å². The third-order valence-corrected chi connectivity index (χ3v) is 8.12. The molecule has 0 aliphatic heterocycles. The first-order chi connectivity index (χ1) is 21.4. The van der Waals surface area contributed by atoms with Crippen LogP contribution in [-0.4, -0.2) is 85.9 Å². The summed E-state index contributed by atoms with van der Waals surface area (Å²) in [5, 5.41) is 41.9. The fourth-order valence-corrected chi connectivity index (χ4v) is 5.34. The van der Waals surface area contributed by atoms with Crippen molar-refractivity contribution in [3.05, 3.63) is 53.6 Å². The maximum absolute atomic E-state index is 12.7. The fraction of sp³-hybridized carbons (Fsp3) is 0.531. The third-order valence-electron chi connectivity index (χ3n) is 6.73. The maximum atomic E-state index is 12.7. The number of aliphatic carboxylic acids is 3. The van der Waals surface area contributed by atoms with Crippen LogP contribution in [0.5, 0.6) is 0 Å². The van der Waals surface area contributed by atoms with Crippen LogP contribution in [0.3, 0.4) is 0 Å². The molecule has 1 aromatic rings. The lowest BCUT2D eigenvalue weighted by atomic mass is 10.1. The minimum Gasteiger partial charge on any atom is -0.481 e. The molecule has 0 fully saturated rings. The Kier molecular flexibility index (Phi) is 19.9. The zero-order chi connectivity index (χ0) is 33.6. The van der Waals surface area contributed by atoms with Gasteiger partial charge in [-0.2, -0.15) is 0 Å². The molecule has 250 valence electrons. The summed E-state index contributed by atoms with van der Waals surface area (Å²) in [6.07, 6.45) is 12.0. The van der Waals surface area contributed by atoms with Crippen molar-refractivity contribution in [1.82, 2.24) is 10.6 Å². The van der Waals surface area contributed by atoms with E-state index in [1.807, 2.05) is 30.3 Å². The Balaban J connectivity index is 2.96. The Hall–Kier alpha value is -3.68. The number of allylic oxidation sites excluding steroid dienone is 2. The van der Waals surface area contributed by atoms with Crippen LogP contribution in [0.4, 0.5) is 0 Å². The molecule has 0 aliphatic carbocycles. The molecule has 12 nitrogen and oxygen atoms in total. The predicted molar refractivity (Wildman–Crippen MR) is 174 cm³/mol. The molecule has 0 aromatic heterocycles. The number of hydrogen-bond acceptors (Lipinski definition) is 8. The highest BCUT2D eigenvalue weighted by atomic mass is 32.2. The van der Waals surface area contributed by atoms with Crippen LogP contribution in [0.25, 0.3) is 6.08 Å². The summed E-state index contributed by atoms with van der Waals surface area (Å²) in [5.41, 5.74) is 7.59. The third kappa shape index (κ3) is 18.7. The molecule has 2 amide bonds. The number of carboxylic acids is 3. The van der Waals surface area contributed by atoms with E-state index in [9.17, 15) is 29.1 Å². The Morgan fingerprint density at radius 1 is 0.933 bits per heavy atom. The summed E-state index contributed by atoms with van der Waals surface area (Å²) in [6.45, 7) is 1.50. The van der Waals surface area contributed by atoms with E-state index in [1.165, 1.54) is 19.3 Å². The Labute approximate surface area is 268 Å². The number of unbranched alkanes of at least 4 members (excludes halogenated alkanes) is 3. The zero-order valence-electron chi connectivity index (χ0n) is 25.7. The number of aliphatic hydroxyl groups excluding tert-OH is 1. The van der Waals surface area contributed by atoms with Gasteiger partial charge in [0.05, 0.1) is 6.10 Å². The van der Waals surface area contributed by atoms with Crippen LogP contribution in [0.1, 0.15) is 75.8 Å². The van der Waals surface area contributed by atoms with E-state index in [-0.39, 0.29) is 37.9 Å². The van der Waals surface area contributed by atoms with E-state index < -0.39 is 59.7 Å². The second kappa shape index (κ2) is 22.8. The van der Waals surface area contributed by atoms with Crippen LogP contribution in [0.15, 0.2) is 42.5 Å². The minimum absolute atomic E-state index is 0.0491. The molecule has 1 rings (SSSR count). The van der Waals surface area contributed by atoms with E-state index >= 15 is 0 Å². The summed E-state index contributed by atoms with van der Waals surface area (Å²) < 4.78 is 0. The molecule has 1 aromatic carbocycles. The number of nitrogens with one attached hydrogen (secondary N) is 2. The first-order valence-electron chi connectivity index (χ1n) is 15.1. The lowest BCUT2D eigenvalue weighted by Crippen LogP contribution is -2.50. The van der Waals surface area contributed by atoms with Crippen molar-refractivity contribution >= 4 is 47.6 Å². The lowest BCUT2D eigenvalue weighted by molar-refractivity contribution is -0.139. The molecule has 0 aliphatic rings. The van der Waals surface area contributed by atoms with E-state index in [2.05, 4.69) is 29.7 Å². The number of benzene rings is 1. The number of nitrogens with two attached hydrogens (primary N) is 1. The van der Waals surface area contributed by atoms with Crippen LogP contribution in [0, 0.1) is 0 Å². The minimum atomic E-state index is -1.28. The number of carbonyl (C=O) groups is 5. The predicted octanol–water partition coefficient (Wildman–Crippen LogP) is 2.97. The van der Waals surface area contributed by atoms with Gasteiger partial charge < -0.3 is 36.8 Å². The molecular formula is C32H47N3O9S. The van der Waals surface area contributed by atoms with Crippen molar-refractivity contribution in [3.8, 4) is 0 Å². The number of carboxylic acid groups (broad SMARTS) is 3. The number of hydrogen-bond donors (Lipinski definition) is 7. The monoisotopic (exact) mass is 649 g/mol. The lowest BCUT2D eigenvalue weighted by Gasteiger charge is -2.23. The average molecular weight is 650 g/mol. The van der Waals surface area contributed by atoms with Crippen molar-refractivity contribution in [1.29, 1.82) is 0 Å². The van der Waals surface area contributed by atoms with E-state index in [0.29, 0.717) is 6.42 Å². The van der Waals surface area contributed by atoms with Crippen LogP contribution in [-0.2, 0) is 30.4 Å². The van der Waals surface area contributed by atoms with Gasteiger partial charge in [0.1, 0.15) is 18.6 Å². The van der Waals surface area contributed by atoms with Crippen LogP contribution < -0.4 is 16.4 Å². The van der Waals surface area contributed by atoms with Crippen LogP contribution in [0.2, 0.25) is 0 Å². The molecule has 2 unspecified atom stereocenters.